The van der Waals surface area contributed by atoms with Crippen molar-refractivity contribution in [2.45, 2.75) is 32.3 Å². The first-order chi connectivity index (χ1) is 7.72. The lowest BCUT2D eigenvalue weighted by atomic mass is 10.0. The average Bonchev–Trinajstić information content (AvgIpc) is 2.28. The lowest BCUT2D eigenvalue weighted by Gasteiger charge is -2.10. The Labute approximate surface area is 96.1 Å². The first-order valence-electron chi connectivity index (χ1n) is 5.72. The number of aliphatic hydroxyl groups excluding tert-OH is 1. The molecule has 16 heavy (non-hydrogen) atoms. The Hall–Kier alpha value is -0.930. The molecule has 0 fully saturated rings. The molecule has 0 saturated heterocycles. The highest BCUT2D eigenvalue weighted by atomic mass is 19.1. The van der Waals surface area contributed by atoms with Gasteiger partial charge in [-0.15, -0.1) is 0 Å². The summed E-state index contributed by atoms with van der Waals surface area (Å²) in [6.45, 7) is 3.36. The van der Waals surface area contributed by atoms with E-state index in [1.54, 1.807) is 12.1 Å². The van der Waals surface area contributed by atoms with E-state index in [1.807, 2.05) is 6.92 Å². The Balaban J connectivity index is 2.23. The molecule has 1 rings (SSSR count). The van der Waals surface area contributed by atoms with Crippen LogP contribution in [-0.4, -0.2) is 24.4 Å². The number of rotatable bonds is 7. The van der Waals surface area contributed by atoms with Crippen LogP contribution < -0.4 is 0 Å². The van der Waals surface area contributed by atoms with Crippen LogP contribution >= 0.6 is 0 Å². The fourth-order valence-corrected chi connectivity index (χ4v) is 1.56. The Bertz CT molecular complexity index is 284. The van der Waals surface area contributed by atoms with E-state index in [4.69, 9.17) is 4.74 Å². The van der Waals surface area contributed by atoms with Gasteiger partial charge in [-0.25, -0.2) is 4.39 Å². The van der Waals surface area contributed by atoms with Crippen molar-refractivity contribution in [3.63, 3.8) is 0 Å². The average molecular weight is 226 g/mol. The molecule has 0 amide bonds. The second-order valence-corrected chi connectivity index (χ2v) is 3.82. The molecular formula is C13H19FO2. The summed E-state index contributed by atoms with van der Waals surface area (Å²) < 4.78 is 17.8. The van der Waals surface area contributed by atoms with E-state index in [9.17, 15) is 9.50 Å². The van der Waals surface area contributed by atoms with Gasteiger partial charge in [-0.05, 0) is 43.9 Å². The summed E-state index contributed by atoms with van der Waals surface area (Å²) in [6.07, 6.45) is 1.78. The number of halogens is 1. The molecule has 0 saturated carbocycles. The molecule has 2 nitrogen and oxygen atoms in total. The summed E-state index contributed by atoms with van der Waals surface area (Å²) in [6, 6.07) is 6.26. The van der Waals surface area contributed by atoms with Gasteiger partial charge in [0.2, 0.25) is 0 Å². The molecule has 0 aromatic heterocycles. The van der Waals surface area contributed by atoms with E-state index in [2.05, 4.69) is 0 Å². The second kappa shape index (κ2) is 7.36. The molecule has 1 unspecified atom stereocenters. The first kappa shape index (κ1) is 13.1. The van der Waals surface area contributed by atoms with E-state index >= 15 is 0 Å². The van der Waals surface area contributed by atoms with Crippen molar-refractivity contribution in [2.75, 3.05) is 13.2 Å². The van der Waals surface area contributed by atoms with Crippen molar-refractivity contribution in [2.24, 2.45) is 0 Å². The zero-order valence-electron chi connectivity index (χ0n) is 9.66. The quantitative estimate of drug-likeness (QED) is 0.724. The van der Waals surface area contributed by atoms with Crippen LogP contribution in [0.25, 0.3) is 0 Å². The van der Waals surface area contributed by atoms with E-state index in [-0.39, 0.29) is 11.9 Å². The maximum Gasteiger partial charge on any atom is 0.123 e. The standard InChI is InChI=1S/C13H19FO2/c1-2-16-9-3-4-13(15)10-11-5-7-12(14)8-6-11/h5-8,13,15H,2-4,9-10H2,1H3. The largest absolute Gasteiger partial charge is 0.393 e. The molecule has 3 heteroatoms. The fourth-order valence-electron chi connectivity index (χ4n) is 1.56. The third kappa shape index (κ3) is 5.24. The van der Waals surface area contributed by atoms with E-state index in [0.717, 1.165) is 18.4 Å². The number of ether oxygens (including phenoxy) is 1. The minimum atomic E-state index is -0.370. The van der Waals surface area contributed by atoms with Crippen molar-refractivity contribution < 1.29 is 14.2 Å². The van der Waals surface area contributed by atoms with Crippen molar-refractivity contribution in [1.29, 1.82) is 0 Å². The summed E-state index contributed by atoms with van der Waals surface area (Å²) in [5.74, 6) is -0.241. The number of hydrogen-bond acceptors (Lipinski definition) is 2. The zero-order valence-corrected chi connectivity index (χ0v) is 9.66. The minimum Gasteiger partial charge on any atom is -0.393 e. The summed E-state index contributed by atoms with van der Waals surface area (Å²) in [5, 5.41) is 9.72. The Morgan fingerprint density at radius 3 is 2.62 bits per heavy atom. The summed E-state index contributed by atoms with van der Waals surface area (Å²) >= 11 is 0. The van der Waals surface area contributed by atoms with E-state index in [1.165, 1.54) is 12.1 Å². The third-order valence-electron chi connectivity index (χ3n) is 2.41. The Morgan fingerprint density at radius 1 is 1.31 bits per heavy atom. The molecule has 90 valence electrons. The lowest BCUT2D eigenvalue weighted by molar-refractivity contribution is 0.114. The molecule has 0 heterocycles. The fraction of sp³-hybridized carbons (Fsp3) is 0.538. The molecule has 1 aromatic rings. The van der Waals surface area contributed by atoms with Crippen LogP contribution in [0.2, 0.25) is 0 Å². The van der Waals surface area contributed by atoms with Gasteiger partial charge in [-0.1, -0.05) is 12.1 Å². The Morgan fingerprint density at radius 2 is 2.00 bits per heavy atom. The van der Waals surface area contributed by atoms with Crippen molar-refractivity contribution in [3.8, 4) is 0 Å². The molecule has 1 atom stereocenters. The van der Waals surface area contributed by atoms with Gasteiger partial charge in [0.15, 0.2) is 0 Å². The maximum absolute atomic E-state index is 12.6. The van der Waals surface area contributed by atoms with Crippen LogP contribution in [0, 0.1) is 5.82 Å². The van der Waals surface area contributed by atoms with E-state index < -0.39 is 0 Å². The summed E-state index contributed by atoms with van der Waals surface area (Å²) in [4.78, 5) is 0. The van der Waals surface area contributed by atoms with Gasteiger partial charge in [-0.3, -0.25) is 0 Å². The molecular weight excluding hydrogens is 207 g/mol. The maximum atomic E-state index is 12.6. The highest BCUT2D eigenvalue weighted by Gasteiger charge is 2.05. The van der Waals surface area contributed by atoms with Crippen LogP contribution in [0.5, 0.6) is 0 Å². The van der Waals surface area contributed by atoms with Crippen LogP contribution in [0.1, 0.15) is 25.3 Å². The minimum absolute atomic E-state index is 0.241. The third-order valence-corrected chi connectivity index (χ3v) is 2.41. The first-order valence-corrected chi connectivity index (χ1v) is 5.72. The molecule has 0 aliphatic heterocycles. The molecule has 0 bridgehead atoms. The molecule has 0 spiro atoms. The van der Waals surface area contributed by atoms with Gasteiger partial charge in [0, 0.05) is 13.2 Å². The normalized spacial score (nSPS) is 12.7. The van der Waals surface area contributed by atoms with Crippen molar-refractivity contribution in [1.82, 2.24) is 0 Å². The van der Waals surface area contributed by atoms with Crippen LogP contribution in [-0.2, 0) is 11.2 Å². The van der Waals surface area contributed by atoms with Gasteiger partial charge in [0.05, 0.1) is 6.10 Å². The molecule has 1 N–H and O–H groups in total. The lowest BCUT2D eigenvalue weighted by Crippen LogP contribution is -2.11. The highest BCUT2D eigenvalue weighted by molar-refractivity contribution is 5.16. The predicted octanol–water partition coefficient (Wildman–Crippen LogP) is 2.55. The smallest absolute Gasteiger partial charge is 0.123 e. The van der Waals surface area contributed by atoms with Gasteiger partial charge in [0.1, 0.15) is 5.82 Å². The topological polar surface area (TPSA) is 29.5 Å². The van der Waals surface area contributed by atoms with Gasteiger partial charge >= 0.3 is 0 Å². The van der Waals surface area contributed by atoms with Gasteiger partial charge < -0.3 is 9.84 Å². The van der Waals surface area contributed by atoms with Crippen LogP contribution in [0.15, 0.2) is 24.3 Å². The Kier molecular flexibility index (Phi) is 6.04. The molecule has 0 radical (unpaired) electrons. The van der Waals surface area contributed by atoms with Crippen LogP contribution in [0.3, 0.4) is 0 Å². The van der Waals surface area contributed by atoms with Gasteiger partial charge in [0.25, 0.3) is 0 Å². The molecule has 0 aliphatic carbocycles. The number of aliphatic hydroxyl groups is 1. The zero-order chi connectivity index (χ0) is 11.8. The van der Waals surface area contributed by atoms with Gasteiger partial charge in [-0.2, -0.15) is 0 Å². The van der Waals surface area contributed by atoms with Crippen LogP contribution in [0.4, 0.5) is 4.39 Å². The summed E-state index contributed by atoms with van der Waals surface area (Å²) in [7, 11) is 0. The molecule has 1 aromatic carbocycles. The highest BCUT2D eigenvalue weighted by Crippen LogP contribution is 2.09. The number of hydrogen-bond donors (Lipinski definition) is 1. The second-order valence-electron chi connectivity index (χ2n) is 3.82. The van der Waals surface area contributed by atoms with Crippen molar-refractivity contribution in [3.05, 3.63) is 35.6 Å². The van der Waals surface area contributed by atoms with Crippen molar-refractivity contribution >= 4 is 0 Å². The number of benzene rings is 1. The summed E-state index contributed by atoms with van der Waals surface area (Å²) in [5.41, 5.74) is 0.963. The monoisotopic (exact) mass is 226 g/mol. The predicted molar refractivity (Wildman–Crippen MR) is 61.8 cm³/mol. The SMILES string of the molecule is CCOCCCC(O)Cc1ccc(F)cc1. The van der Waals surface area contributed by atoms with E-state index in [0.29, 0.717) is 19.6 Å². The molecule has 0 aliphatic rings.